The third-order valence-corrected chi connectivity index (χ3v) is 4.15. The number of aliphatic imine (C=N–C) groups is 1. The molecule has 0 aliphatic carbocycles. The molecule has 0 aliphatic heterocycles. The average Bonchev–Trinajstić information content (AvgIpc) is 2.74. The van der Waals surface area contributed by atoms with E-state index in [2.05, 4.69) is 40.7 Å². The summed E-state index contributed by atoms with van der Waals surface area (Å²) in [7, 11) is 3.31. The van der Waals surface area contributed by atoms with Crippen molar-refractivity contribution >= 4 is 29.9 Å². The summed E-state index contributed by atoms with van der Waals surface area (Å²) in [5, 5.41) is 6.58. The smallest absolute Gasteiger partial charge is 0.213 e. The highest BCUT2D eigenvalue weighted by molar-refractivity contribution is 14.0. The molecule has 0 atom stereocenters. The molecule has 0 aliphatic rings. The van der Waals surface area contributed by atoms with E-state index in [1.54, 1.807) is 14.2 Å². The largest absolute Gasteiger partial charge is 0.493 e. The average molecular weight is 528 g/mol. The Labute approximate surface area is 196 Å². The summed E-state index contributed by atoms with van der Waals surface area (Å²) in [6, 6.07) is 11.9. The highest BCUT2D eigenvalue weighted by atomic mass is 127. The molecular formula is C22H33IN4O3. The van der Waals surface area contributed by atoms with Crippen LogP contribution in [0.3, 0.4) is 0 Å². The van der Waals surface area contributed by atoms with Crippen LogP contribution in [-0.2, 0) is 17.8 Å². The van der Waals surface area contributed by atoms with Gasteiger partial charge >= 0.3 is 0 Å². The minimum atomic E-state index is 0. The van der Waals surface area contributed by atoms with Crippen LogP contribution in [0.2, 0.25) is 0 Å². The molecule has 0 radical (unpaired) electrons. The molecular weight excluding hydrogens is 495 g/mol. The maximum absolute atomic E-state index is 5.95. The van der Waals surface area contributed by atoms with E-state index in [1.165, 1.54) is 0 Å². The van der Waals surface area contributed by atoms with Gasteiger partial charge in [0.15, 0.2) is 5.96 Å². The Kier molecular flexibility index (Phi) is 12.8. The lowest BCUT2D eigenvalue weighted by atomic mass is 10.1. The zero-order valence-electron chi connectivity index (χ0n) is 18.2. The Hall–Kier alpha value is -2.07. The Morgan fingerprint density at radius 2 is 1.93 bits per heavy atom. The van der Waals surface area contributed by atoms with Gasteiger partial charge in [0.1, 0.15) is 5.75 Å². The van der Waals surface area contributed by atoms with E-state index in [0.29, 0.717) is 32.2 Å². The van der Waals surface area contributed by atoms with Gasteiger partial charge in [-0.1, -0.05) is 18.2 Å². The van der Waals surface area contributed by atoms with Gasteiger partial charge in [-0.2, -0.15) is 0 Å². The topological polar surface area (TPSA) is 77.0 Å². The normalized spacial score (nSPS) is 10.9. The summed E-state index contributed by atoms with van der Waals surface area (Å²) in [6.45, 7) is 7.24. The quantitative estimate of drug-likeness (QED) is 0.201. The summed E-state index contributed by atoms with van der Waals surface area (Å²) in [4.78, 5) is 9.12. The number of hydrogen-bond acceptors (Lipinski definition) is 5. The third-order valence-electron chi connectivity index (χ3n) is 4.15. The lowest BCUT2D eigenvalue weighted by molar-refractivity contribution is 0.172. The van der Waals surface area contributed by atoms with E-state index in [0.717, 1.165) is 41.5 Å². The fraction of sp³-hybridized carbons (Fsp3) is 0.455. The first-order chi connectivity index (χ1) is 14.2. The van der Waals surface area contributed by atoms with Crippen LogP contribution in [0, 0.1) is 6.92 Å². The maximum Gasteiger partial charge on any atom is 0.213 e. The van der Waals surface area contributed by atoms with Crippen molar-refractivity contribution in [1.29, 1.82) is 0 Å². The van der Waals surface area contributed by atoms with Gasteiger partial charge in [-0.3, -0.25) is 0 Å². The minimum Gasteiger partial charge on any atom is -0.493 e. The molecule has 0 fully saturated rings. The number of benzene rings is 1. The van der Waals surface area contributed by atoms with Gasteiger partial charge in [0.2, 0.25) is 5.88 Å². The number of aryl methyl sites for hydroxylation is 1. The van der Waals surface area contributed by atoms with Gasteiger partial charge in [0, 0.05) is 38.3 Å². The van der Waals surface area contributed by atoms with E-state index in [1.807, 2.05) is 25.1 Å². The summed E-state index contributed by atoms with van der Waals surface area (Å²) < 4.78 is 16.2. The number of ether oxygens (including phenoxy) is 3. The molecule has 2 N–H and O–H groups in total. The monoisotopic (exact) mass is 528 g/mol. The fourth-order valence-electron chi connectivity index (χ4n) is 2.66. The van der Waals surface area contributed by atoms with E-state index in [4.69, 9.17) is 19.2 Å². The summed E-state index contributed by atoms with van der Waals surface area (Å²) in [5.41, 5.74) is 3.09. The van der Waals surface area contributed by atoms with Crippen LogP contribution in [-0.4, -0.2) is 44.9 Å². The van der Waals surface area contributed by atoms with Gasteiger partial charge in [-0.15, -0.1) is 24.0 Å². The Morgan fingerprint density at radius 3 is 2.67 bits per heavy atom. The van der Waals surface area contributed by atoms with Gasteiger partial charge in [-0.05, 0) is 31.5 Å². The lowest BCUT2D eigenvalue weighted by Gasteiger charge is -2.14. The number of nitrogens with one attached hydrogen (secondary N) is 2. The standard InChI is InChI=1S/C22H32N4O3.HI/c1-5-23-22(25-16-19-8-6-9-21(26-19)28-4)24-15-18-11-10-17(2)14-20(18)29-13-7-12-27-3;/h6,8-11,14H,5,7,12-13,15-16H2,1-4H3,(H2,23,24,25);1H. The van der Waals surface area contributed by atoms with Gasteiger partial charge < -0.3 is 24.8 Å². The number of methoxy groups -OCH3 is 2. The van der Waals surface area contributed by atoms with E-state index >= 15 is 0 Å². The molecule has 1 aromatic carbocycles. The number of aromatic nitrogens is 1. The summed E-state index contributed by atoms with van der Waals surface area (Å²) in [5.74, 6) is 2.19. The zero-order chi connectivity index (χ0) is 20.9. The molecule has 2 aromatic rings. The minimum absolute atomic E-state index is 0. The molecule has 2 rings (SSSR count). The molecule has 0 unspecified atom stereocenters. The van der Waals surface area contributed by atoms with Crippen molar-refractivity contribution in [1.82, 2.24) is 15.6 Å². The van der Waals surface area contributed by atoms with Crippen molar-refractivity contribution in [3.63, 3.8) is 0 Å². The Bertz CT molecular complexity index is 787. The SMILES string of the molecule is CCNC(=NCc1ccc(C)cc1OCCCOC)NCc1cccc(OC)n1.I. The molecule has 0 saturated carbocycles. The van der Waals surface area contributed by atoms with Gasteiger partial charge in [0.25, 0.3) is 0 Å². The predicted molar refractivity (Wildman–Crippen MR) is 131 cm³/mol. The summed E-state index contributed by atoms with van der Waals surface area (Å²) >= 11 is 0. The van der Waals surface area contributed by atoms with Crippen LogP contribution < -0.4 is 20.1 Å². The molecule has 1 heterocycles. The number of hydrogen-bond donors (Lipinski definition) is 2. The van der Waals surface area contributed by atoms with Crippen molar-refractivity contribution in [2.45, 2.75) is 33.4 Å². The van der Waals surface area contributed by atoms with E-state index < -0.39 is 0 Å². The second kappa shape index (κ2) is 14.8. The van der Waals surface area contributed by atoms with Gasteiger partial charge in [-0.25, -0.2) is 9.98 Å². The number of guanidine groups is 1. The number of halogens is 1. The first-order valence-corrected chi connectivity index (χ1v) is 9.89. The Morgan fingerprint density at radius 1 is 1.10 bits per heavy atom. The highest BCUT2D eigenvalue weighted by Crippen LogP contribution is 2.21. The van der Waals surface area contributed by atoms with Crippen molar-refractivity contribution in [3.05, 3.63) is 53.2 Å². The predicted octanol–water partition coefficient (Wildman–Crippen LogP) is 3.69. The van der Waals surface area contributed by atoms with Crippen LogP contribution >= 0.6 is 24.0 Å². The Balaban J connectivity index is 0.00000450. The molecule has 0 saturated heterocycles. The van der Waals surface area contributed by atoms with Gasteiger partial charge in [0.05, 0.1) is 32.5 Å². The van der Waals surface area contributed by atoms with Crippen LogP contribution in [0.4, 0.5) is 0 Å². The molecule has 0 amide bonds. The van der Waals surface area contributed by atoms with E-state index in [-0.39, 0.29) is 24.0 Å². The number of nitrogens with zero attached hydrogens (tertiary/aromatic N) is 2. The molecule has 7 nitrogen and oxygen atoms in total. The van der Waals surface area contributed by atoms with Crippen molar-refractivity contribution in [3.8, 4) is 11.6 Å². The fourth-order valence-corrected chi connectivity index (χ4v) is 2.66. The second-order valence-corrected chi connectivity index (χ2v) is 6.53. The molecule has 166 valence electrons. The van der Waals surface area contributed by atoms with E-state index in [9.17, 15) is 0 Å². The number of pyridine rings is 1. The molecule has 8 heteroatoms. The van der Waals surface area contributed by atoms with Crippen molar-refractivity contribution < 1.29 is 14.2 Å². The first kappa shape index (κ1) is 26.0. The van der Waals surface area contributed by atoms with Crippen LogP contribution in [0.25, 0.3) is 0 Å². The molecule has 0 bridgehead atoms. The molecule has 0 spiro atoms. The highest BCUT2D eigenvalue weighted by Gasteiger charge is 2.06. The van der Waals surface area contributed by atoms with Crippen LogP contribution in [0.1, 0.15) is 30.2 Å². The molecule has 30 heavy (non-hydrogen) atoms. The van der Waals surface area contributed by atoms with Crippen LogP contribution in [0.15, 0.2) is 41.4 Å². The number of rotatable bonds is 11. The van der Waals surface area contributed by atoms with Crippen LogP contribution in [0.5, 0.6) is 11.6 Å². The summed E-state index contributed by atoms with van der Waals surface area (Å²) in [6.07, 6.45) is 0.852. The maximum atomic E-state index is 5.95. The van der Waals surface area contributed by atoms with Crippen molar-refractivity contribution in [2.24, 2.45) is 4.99 Å². The van der Waals surface area contributed by atoms with Crippen molar-refractivity contribution in [2.75, 3.05) is 34.0 Å². The lowest BCUT2D eigenvalue weighted by Crippen LogP contribution is -2.37. The first-order valence-electron chi connectivity index (χ1n) is 9.89. The molecule has 1 aromatic heterocycles. The third kappa shape index (κ3) is 9.17. The zero-order valence-corrected chi connectivity index (χ0v) is 20.6. The second-order valence-electron chi connectivity index (χ2n) is 6.53.